The summed E-state index contributed by atoms with van der Waals surface area (Å²) >= 11 is 5.85. The van der Waals surface area contributed by atoms with Gasteiger partial charge in [-0.25, -0.2) is 9.37 Å². The van der Waals surface area contributed by atoms with Crippen molar-refractivity contribution in [2.24, 2.45) is 0 Å². The molecule has 0 saturated carbocycles. The van der Waals surface area contributed by atoms with Crippen LogP contribution < -0.4 is 4.74 Å². The lowest BCUT2D eigenvalue weighted by molar-refractivity contribution is 0.00479. The minimum absolute atomic E-state index is 0.188. The molecular weight excluding hydrogens is 419 g/mol. The number of aliphatic hydroxyl groups is 1. The lowest BCUT2D eigenvalue weighted by Gasteiger charge is -2.20. The molecule has 2 saturated heterocycles. The fourth-order valence-electron chi connectivity index (χ4n) is 3.57. The lowest BCUT2D eigenvalue weighted by atomic mass is 10.1. The van der Waals surface area contributed by atoms with Gasteiger partial charge < -0.3 is 24.1 Å². The van der Waals surface area contributed by atoms with Gasteiger partial charge in [-0.05, 0) is 6.04 Å². The number of pyridine rings is 1. The van der Waals surface area contributed by atoms with E-state index in [1.165, 1.54) is 6.07 Å². The summed E-state index contributed by atoms with van der Waals surface area (Å²) in [5.74, 6) is -0.125. The molecule has 29 heavy (non-hydrogen) atoms. The fourth-order valence-corrected chi connectivity index (χ4v) is 4.47. The summed E-state index contributed by atoms with van der Waals surface area (Å²) in [6, 6.07) is 4.07. The highest BCUT2D eigenvalue weighted by molar-refractivity contribution is 6.76. The van der Waals surface area contributed by atoms with Gasteiger partial charge in [0.2, 0.25) is 0 Å². The average Bonchev–Trinajstić information content (AvgIpc) is 3.29. The summed E-state index contributed by atoms with van der Waals surface area (Å²) in [6.45, 7) is 8.19. The molecule has 0 aliphatic carbocycles. The van der Waals surface area contributed by atoms with Crippen molar-refractivity contribution in [2.75, 3.05) is 19.8 Å². The smallest absolute Gasteiger partial charge is 0.198 e. The van der Waals surface area contributed by atoms with Gasteiger partial charge in [0.15, 0.2) is 23.0 Å². The normalized spacial score (nSPS) is 27.0. The van der Waals surface area contributed by atoms with E-state index in [-0.39, 0.29) is 30.7 Å². The Bertz CT molecular complexity index is 890. The van der Waals surface area contributed by atoms with E-state index < -0.39 is 26.1 Å². The molecule has 4 atom stereocenters. The first-order valence-electron chi connectivity index (χ1n) is 9.74. The van der Waals surface area contributed by atoms with E-state index in [2.05, 4.69) is 24.6 Å². The maximum absolute atomic E-state index is 14.1. The van der Waals surface area contributed by atoms with Crippen LogP contribution in [0.5, 0.6) is 5.88 Å². The van der Waals surface area contributed by atoms with Crippen molar-refractivity contribution in [3.05, 3.63) is 23.1 Å². The van der Waals surface area contributed by atoms with Gasteiger partial charge in [-0.15, -0.1) is 0 Å². The minimum atomic E-state index is -1.23. The van der Waals surface area contributed by atoms with E-state index in [0.29, 0.717) is 30.1 Å². The summed E-state index contributed by atoms with van der Waals surface area (Å²) in [5, 5.41) is 9.74. The van der Waals surface area contributed by atoms with Gasteiger partial charge in [-0.1, -0.05) is 31.2 Å². The summed E-state index contributed by atoms with van der Waals surface area (Å²) < 4.78 is 39.1. The van der Waals surface area contributed by atoms with Gasteiger partial charge in [0.1, 0.15) is 25.0 Å². The molecule has 4 rings (SSSR count). The number of halogens is 2. The lowest BCUT2D eigenvalue weighted by Crippen LogP contribution is -2.35. The average molecular weight is 445 g/mol. The SMILES string of the molecule is C[Si](C)(C)CCOCn1c(O[C@@H]2CO[C@H]3[C@@H]2OC[C@H]3O)cc2nc(Cl)c(F)cc21. The third-order valence-corrected chi connectivity index (χ3v) is 7.20. The molecule has 2 aromatic rings. The Morgan fingerprint density at radius 1 is 1.28 bits per heavy atom. The molecule has 0 unspecified atom stereocenters. The van der Waals surface area contributed by atoms with Crippen molar-refractivity contribution in [2.45, 2.75) is 56.8 Å². The molecule has 0 amide bonds. The Hall–Kier alpha value is -1.23. The predicted molar refractivity (Wildman–Crippen MR) is 109 cm³/mol. The summed E-state index contributed by atoms with van der Waals surface area (Å²) in [6.07, 6.45) is -1.78. The van der Waals surface area contributed by atoms with E-state index >= 15 is 0 Å². The fraction of sp³-hybridized carbons (Fsp3) is 0.632. The highest BCUT2D eigenvalue weighted by atomic mass is 35.5. The third kappa shape index (κ3) is 4.45. The molecule has 0 spiro atoms. The largest absolute Gasteiger partial charge is 0.470 e. The summed E-state index contributed by atoms with van der Waals surface area (Å²) in [5.41, 5.74) is 1.06. The second kappa shape index (κ2) is 8.13. The summed E-state index contributed by atoms with van der Waals surface area (Å²) in [7, 11) is -1.23. The van der Waals surface area contributed by atoms with Crippen LogP contribution in [0.3, 0.4) is 0 Å². The molecule has 0 bridgehead atoms. The molecule has 7 nitrogen and oxygen atoms in total. The van der Waals surface area contributed by atoms with Crippen molar-refractivity contribution in [3.63, 3.8) is 0 Å². The molecule has 160 valence electrons. The van der Waals surface area contributed by atoms with Gasteiger partial charge in [0.05, 0.1) is 24.2 Å². The Morgan fingerprint density at radius 3 is 2.79 bits per heavy atom. The molecule has 0 aromatic carbocycles. The topological polar surface area (TPSA) is 75.0 Å². The molecule has 2 aromatic heterocycles. The van der Waals surface area contributed by atoms with E-state index in [4.69, 9.17) is 30.5 Å². The Labute approximate surface area is 174 Å². The van der Waals surface area contributed by atoms with E-state index in [1.807, 2.05) is 0 Å². The van der Waals surface area contributed by atoms with Crippen LogP contribution >= 0.6 is 11.6 Å². The maximum Gasteiger partial charge on any atom is 0.198 e. The monoisotopic (exact) mass is 444 g/mol. The second-order valence-corrected chi connectivity index (χ2v) is 14.7. The molecule has 2 fully saturated rings. The number of aromatic nitrogens is 2. The standard InChI is InChI=1S/C19H26ClFN2O5Si/c1-29(2,3)5-4-25-10-23-13-6-11(21)19(20)22-12(13)7-16(23)28-15-9-27-17-14(24)8-26-18(15)17/h6-7,14-15,17-18,24H,4-5,8-10H2,1-3H3/t14-,15-,17-,18-/m1/s1. The minimum Gasteiger partial charge on any atom is -0.470 e. The van der Waals surface area contributed by atoms with Crippen molar-refractivity contribution >= 4 is 30.7 Å². The number of rotatable bonds is 7. The van der Waals surface area contributed by atoms with Crippen LogP contribution in [0, 0.1) is 5.82 Å². The van der Waals surface area contributed by atoms with E-state index in [9.17, 15) is 9.50 Å². The van der Waals surface area contributed by atoms with Gasteiger partial charge in [0, 0.05) is 26.8 Å². The Morgan fingerprint density at radius 2 is 2.03 bits per heavy atom. The van der Waals surface area contributed by atoms with Crippen LogP contribution in [0.4, 0.5) is 4.39 Å². The van der Waals surface area contributed by atoms with Gasteiger partial charge in [-0.3, -0.25) is 4.57 Å². The van der Waals surface area contributed by atoms with Crippen LogP contribution in [-0.2, 0) is 20.9 Å². The molecule has 4 heterocycles. The number of hydrogen-bond donors (Lipinski definition) is 1. The van der Waals surface area contributed by atoms with Crippen LogP contribution in [0.2, 0.25) is 30.8 Å². The molecule has 1 N–H and O–H groups in total. The molecular formula is C19H26ClFN2O5Si. The maximum atomic E-state index is 14.1. The zero-order valence-electron chi connectivity index (χ0n) is 16.7. The third-order valence-electron chi connectivity index (χ3n) is 5.23. The number of hydrogen-bond acceptors (Lipinski definition) is 6. The van der Waals surface area contributed by atoms with Crippen LogP contribution in [-0.4, -0.2) is 67.0 Å². The van der Waals surface area contributed by atoms with E-state index in [1.54, 1.807) is 10.6 Å². The van der Waals surface area contributed by atoms with Crippen LogP contribution in [0.1, 0.15) is 0 Å². The number of fused-ring (bicyclic) bond motifs is 2. The second-order valence-electron chi connectivity index (χ2n) is 8.74. The highest BCUT2D eigenvalue weighted by Crippen LogP contribution is 2.33. The predicted octanol–water partition coefficient (Wildman–Crippen LogP) is 3.05. The zero-order chi connectivity index (χ0) is 20.8. The summed E-state index contributed by atoms with van der Waals surface area (Å²) in [4.78, 5) is 4.12. The molecule has 0 radical (unpaired) electrons. The highest BCUT2D eigenvalue weighted by Gasteiger charge is 2.48. The molecule has 10 heteroatoms. The number of ether oxygens (including phenoxy) is 4. The first-order valence-corrected chi connectivity index (χ1v) is 13.8. The number of nitrogens with zero attached hydrogens (tertiary/aromatic N) is 2. The van der Waals surface area contributed by atoms with E-state index in [0.717, 1.165) is 6.04 Å². The Balaban J connectivity index is 1.57. The Kier molecular flexibility index (Phi) is 5.89. The van der Waals surface area contributed by atoms with Gasteiger partial charge >= 0.3 is 0 Å². The number of aliphatic hydroxyl groups excluding tert-OH is 1. The van der Waals surface area contributed by atoms with Gasteiger partial charge in [-0.2, -0.15) is 0 Å². The molecule has 2 aliphatic heterocycles. The van der Waals surface area contributed by atoms with Crippen LogP contribution in [0.15, 0.2) is 12.1 Å². The quantitative estimate of drug-likeness (QED) is 0.402. The van der Waals surface area contributed by atoms with Crippen molar-refractivity contribution in [1.29, 1.82) is 0 Å². The van der Waals surface area contributed by atoms with Gasteiger partial charge in [0.25, 0.3) is 0 Å². The van der Waals surface area contributed by atoms with Crippen LogP contribution in [0.25, 0.3) is 11.0 Å². The van der Waals surface area contributed by atoms with Crippen molar-refractivity contribution < 1.29 is 28.4 Å². The first-order chi connectivity index (χ1) is 13.7. The zero-order valence-corrected chi connectivity index (χ0v) is 18.5. The molecule has 2 aliphatic rings. The van der Waals surface area contributed by atoms with Crippen molar-refractivity contribution in [3.8, 4) is 5.88 Å². The van der Waals surface area contributed by atoms with Crippen molar-refractivity contribution in [1.82, 2.24) is 9.55 Å². The first kappa shape index (κ1) is 21.0.